The average molecular weight is 392 g/mol. The molecule has 1 spiro atoms. The number of carbonyl (C=O) groups excluding carboxylic acids is 1. The molecule has 0 bridgehead atoms. The van der Waals surface area contributed by atoms with Gasteiger partial charge in [0.1, 0.15) is 17.0 Å². The molecule has 2 aliphatic rings. The van der Waals surface area contributed by atoms with Gasteiger partial charge in [0.2, 0.25) is 0 Å². The quantitative estimate of drug-likeness (QED) is 0.395. The first-order valence-corrected chi connectivity index (χ1v) is 9.71. The van der Waals surface area contributed by atoms with Crippen LogP contribution in [0.5, 0.6) is 0 Å². The van der Waals surface area contributed by atoms with Crippen molar-refractivity contribution < 1.29 is 9.21 Å². The van der Waals surface area contributed by atoms with E-state index in [0.717, 1.165) is 11.3 Å². The molecule has 0 aliphatic heterocycles. The van der Waals surface area contributed by atoms with E-state index in [1.165, 1.54) is 0 Å². The SMILES string of the molecule is N=NC1(Cc2ccco2)CCC2(CC1)C(=O)C(=NN)CC2(N=N)c1ccccc1. The predicted molar refractivity (Wildman–Crippen MR) is 106 cm³/mol. The molecule has 2 saturated carbocycles. The summed E-state index contributed by atoms with van der Waals surface area (Å²) in [5.74, 6) is 6.19. The number of hydrogen-bond acceptors (Lipinski definition) is 8. The summed E-state index contributed by atoms with van der Waals surface area (Å²) in [6, 6.07) is 13.2. The van der Waals surface area contributed by atoms with Gasteiger partial charge in [0, 0.05) is 12.8 Å². The van der Waals surface area contributed by atoms with E-state index in [1.807, 2.05) is 42.5 Å². The summed E-state index contributed by atoms with van der Waals surface area (Å²) >= 11 is 0. The maximum Gasteiger partial charge on any atom is 0.187 e. The van der Waals surface area contributed by atoms with E-state index in [9.17, 15) is 4.79 Å². The molecule has 4 rings (SSSR count). The number of hydrazone groups is 1. The molecule has 1 aromatic heterocycles. The molecule has 29 heavy (non-hydrogen) atoms. The summed E-state index contributed by atoms with van der Waals surface area (Å²) in [6.45, 7) is 0. The van der Waals surface area contributed by atoms with Gasteiger partial charge in [-0.15, -0.1) is 0 Å². The van der Waals surface area contributed by atoms with Crippen molar-refractivity contribution in [2.24, 2.45) is 26.6 Å². The highest BCUT2D eigenvalue weighted by Gasteiger charge is 2.66. The van der Waals surface area contributed by atoms with Gasteiger partial charge in [0.25, 0.3) is 0 Å². The molecule has 2 aliphatic carbocycles. The molecule has 0 radical (unpaired) electrons. The van der Waals surface area contributed by atoms with Crippen LogP contribution in [-0.4, -0.2) is 17.0 Å². The summed E-state index contributed by atoms with van der Waals surface area (Å²) in [4.78, 5) is 13.4. The van der Waals surface area contributed by atoms with E-state index < -0.39 is 16.5 Å². The number of nitrogens with one attached hydrogen (secondary N) is 2. The first kappa shape index (κ1) is 19.2. The Hall–Kier alpha value is -3.16. The molecule has 2 fully saturated rings. The molecular formula is C21H24N6O2. The van der Waals surface area contributed by atoms with Crippen LogP contribution in [0, 0.1) is 16.5 Å². The summed E-state index contributed by atoms with van der Waals surface area (Å²) < 4.78 is 5.47. The lowest BCUT2D eigenvalue weighted by atomic mass is 9.57. The fraction of sp³-hybridized carbons (Fsp3) is 0.429. The maximum atomic E-state index is 13.4. The van der Waals surface area contributed by atoms with Crippen LogP contribution in [-0.2, 0) is 16.8 Å². The Kier molecular flexibility index (Phi) is 4.64. The van der Waals surface area contributed by atoms with Crippen LogP contribution in [0.1, 0.15) is 43.4 Å². The van der Waals surface area contributed by atoms with Crippen LogP contribution in [0.2, 0.25) is 0 Å². The van der Waals surface area contributed by atoms with Crippen molar-refractivity contribution in [3.63, 3.8) is 0 Å². The molecular weight excluding hydrogens is 368 g/mol. The number of benzene rings is 1. The second-order valence-electron chi connectivity index (χ2n) is 8.09. The number of Topliss-reactive ketones (excluding diaryl/α,β-unsaturated/α-hetero) is 1. The summed E-state index contributed by atoms with van der Waals surface area (Å²) in [5, 5.41) is 11.8. The smallest absolute Gasteiger partial charge is 0.187 e. The lowest BCUT2D eigenvalue weighted by Gasteiger charge is -2.47. The molecule has 1 atom stereocenters. The Bertz CT molecular complexity index is 945. The van der Waals surface area contributed by atoms with Crippen molar-refractivity contribution in [2.75, 3.05) is 0 Å². The van der Waals surface area contributed by atoms with Gasteiger partial charge >= 0.3 is 0 Å². The van der Waals surface area contributed by atoms with E-state index in [2.05, 4.69) is 15.3 Å². The molecule has 0 amide bonds. The van der Waals surface area contributed by atoms with Crippen molar-refractivity contribution >= 4 is 11.5 Å². The molecule has 8 nitrogen and oxygen atoms in total. The lowest BCUT2D eigenvalue weighted by Crippen LogP contribution is -2.50. The number of furan rings is 1. The third-order valence-electron chi connectivity index (χ3n) is 6.86. The average Bonchev–Trinajstić information content (AvgIpc) is 3.36. The Morgan fingerprint density at radius 3 is 2.28 bits per heavy atom. The first-order chi connectivity index (χ1) is 14.0. The highest BCUT2D eigenvalue weighted by molar-refractivity contribution is 6.44. The topological polar surface area (TPSA) is 141 Å². The number of rotatable bonds is 5. The standard InChI is InChI=1S/C21H24N6O2/c22-25-17-14-21(27-24,15-5-2-1-3-6-15)20(18(17)28)10-8-19(26-23,9-11-20)13-16-7-4-12-29-16/h1-7,12,23-24H,8-11,13-14,22H2. The molecule has 8 heteroatoms. The molecule has 2 aromatic rings. The Morgan fingerprint density at radius 1 is 1.00 bits per heavy atom. The summed E-state index contributed by atoms with van der Waals surface area (Å²) in [5.41, 5.74) is 14.5. The third kappa shape index (κ3) is 2.73. The first-order valence-electron chi connectivity index (χ1n) is 9.71. The van der Waals surface area contributed by atoms with Gasteiger partial charge in [-0.2, -0.15) is 15.3 Å². The van der Waals surface area contributed by atoms with Crippen LogP contribution < -0.4 is 5.84 Å². The number of nitrogens with two attached hydrogens (primary N) is 1. The summed E-state index contributed by atoms with van der Waals surface area (Å²) in [6.07, 6.45) is 4.34. The van der Waals surface area contributed by atoms with Crippen LogP contribution >= 0.6 is 0 Å². The minimum atomic E-state index is -1.03. The van der Waals surface area contributed by atoms with Crippen molar-refractivity contribution in [2.45, 2.75) is 49.6 Å². The van der Waals surface area contributed by atoms with Crippen molar-refractivity contribution in [3.8, 4) is 0 Å². The van der Waals surface area contributed by atoms with Crippen LogP contribution in [0.15, 0.2) is 68.5 Å². The van der Waals surface area contributed by atoms with Gasteiger partial charge in [0.05, 0.1) is 17.2 Å². The Labute approximate surface area is 168 Å². The molecule has 4 N–H and O–H groups in total. The summed E-state index contributed by atoms with van der Waals surface area (Å²) in [7, 11) is 0. The zero-order valence-corrected chi connectivity index (χ0v) is 16.1. The number of ketones is 1. The van der Waals surface area contributed by atoms with Crippen LogP contribution in [0.3, 0.4) is 0 Å². The normalized spacial score (nSPS) is 33.2. The highest BCUT2D eigenvalue weighted by atomic mass is 16.3. The zero-order chi connectivity index (χ0) is 20.5. The maximum absolute atomic E-state index is 13.4. The largest absolute Gasteiger partial charge is 0.469 e. The van der Waals surface area contributed by atoms with E-state index in [4.69, 9.17) is 21.3 Å². The van der Waals surface area contributed by atoms with Gasteiger partial charge in [0.15, 0.2) is 5.78 Å². The fourth-order valence-electron chi connectivity index (χ4n) is 5.21. The van der Waals surface area contributed by atoms with E-state index in [-0.39, 0.29) is 17.9 Å². The third-order valence-corrected chi connectivity index (χ3v) is 6.86. The monoisotopic (exact) mass is 392 g/mol. The van der Waals surface area contributed by atoms with Gasteiger partial charge < -0.3 is 10.3 Å². The molecule has 150 valence electrons. The number of carbonyl (C=O) groups is 1. The minimum absolute atomic E-state index is 0.128. The highest BCUT2D eigenvalue weighted by Crippen LogP contribution is 2.61. The van der Waals surface area contributed by atoms with E-state index >= 15 is 0 Å². The van der Waals surface area contributed by atoms with Crippen molar-refractivity contribution in [1.82, 2.24) is 0 Å². The lowest BCUT2D eigenvalue weighted by molar-refractivity contribution is -0.127. The van der Waals surface area contributed by atoms with Gasteiger partial charge in [-0.1, -0.05) is 30.3 Å². The van der Waals surface area contributed by atoms with Gasteiger partial charge in [-0.25, -0.2) is 11.1 Å². The van der Waals surface area contributed by atoms with Gasteiger partial charge in [-0.3, -0.25) is 4.79 Å². The number of hydrogen-bond donors (Lipinski definition) is 3. The Morgan fingerprint density at radius 2 is 1.72 bits per heavy atom. The molecule has 1 unspecified atom stereocenters. The second-order valence-corrected chi connectivity index (χ2v) is 8.09. The zero-order valence-electron chi connectivity index (χ0n) is 16.1. The van der Waals surface area contributed by atoms with Crippen LogP contribution in [0.25, 0.3) is 0 Å². The number of nitrogens with zero attached hydrogens (tertiary/aromatic N) is 3. The minimum Gasteiger partial charge on any atom is -0.469 e. The predicted octanol–water partition coefficient (Wildman–Crippen LogP) is 4.37. The molecule has 1 heterocycles. The Balaban J connectivity index is 1.74. The molecule has 0 saturated heterocycles. The van der Waals surface area contributed by atoms with Crippen molar-refractivity contribution in [1.29, 1.82) is 11.1 Å². The molecule has 1 aromatic carbocycles. The fourth-order valence-corrected chi connectivity index (χ4v) is 5.21. The van der Waals surface area contributed by atoms with Crippen LogP contribution in [0.4, 0.5) is 0 Å². The second kappa shape index (κ2) is 7.02. The van der Waals surface area contributed by atoms with E-state index in [1.54, 1.807) is 6.26 Å². The van der Waals surface area contributed by atoms with Crippen molar-refractivity contribution in [3.05, 3.63) is 60.1 Å². The van der Waals surface area contributed by atoms with Gasteiger partial charge in [-0.05, 0) is 43.4 Å². The van der Waals surface area contributed by atoms with E-state index in [0.29, 0.717) is 32.1 Å².